The molecule has 0 aliphatic carbocycles. The van der Waals surface area contributed by atoms with Crippen LogP contribution in [0.4, 0.5) is 17.1 Å². The molecule has 286 valence electrons. The molecular weight excluding hydrogens is 759 g/mol. The lowest BCUT2D eigenvalue weighted by Gasteiger charge is -2.28. The Morgan fingerprint density at radius 2 is 0.951 bits per heavy atom. The first kappa shape index (κ1) is 35.2. The Labute approximate surface area is 357 Å². The Hall–Kier alpha value is -7.72. The molecular formula is C58H37NOS. The summed E-state index contributed by atoms with van der Waals surface area (Å²) in [5, 5.41) is 7.35. The second-order valence-corrected chi connectivity index (χ2v) is 16.7. The normalized spacial score (nSPS) is 11.6. The molecule has 0 fully saturated rings. The molecule has 0 aliphatic rings. The van der Waals surface area contributed by atoms with Crippen LogP contribution in [0.25, 0.3) is 97.4 Å². The zero-order valence-corrected chi connectivity index (χ0v) is 33.9. The van der Waals surface area contributed by atoms with E-state index in [1.54, 1.807) is 0 Å². The average molecular weight is 796 g/mol. The summed E-state index contributed by atoms with van der Waals surface area (Å²) in [5.74, 6) is 0. The van der Waals surface area contributed by atoms with E-state index in [4.69, 9.17) is 4.42 Å². The Morgan fingerprint density at radius 3 is 1.87 bits per heavy atom. The van der Waals surface area contributed by atoms with Crippen LogP contribution in [-0.4, -0.2) is 0 Å². The van der Waals surface area contributed by atoms with Crippen LogP contribution < -0.4 is 4.90 Å². The number of benzene rings is 10. The minimum absolute atomic E-state index is 0.891. The van der Waals surface area contributed by atoms with Crippen LogP contribution in [-0.2, 0) is 0 Å². The number of thiophene rings is 1. The first-order valence-corrected chi connectivity index (χ1v) is 21.5. The van der Waals surface area contributed by atoms with Crippen molar-refractivity contribution in [3.05, 3.63) is 224 Å². The third-order valence-electron chi connectivity index (χ3n) is 12.1. The summed E-state index contributed by atoms with van der Waals surface area (Å²) in [6, 6.07) is 81.3. The van der Waals surface area contributed by atoms with Gasteiger partial charge < -0.3 is 9.32 Å². The van der Waals surface area contributed by atoms with Gasteiger partial charge in [0.1, 0.15) is 11.2 Å². The second-order valence-electron chi connectivity index (χ2n) is 15.7. The average Bonchev–Trinajstić information content (AvgIpc) is 3.90. The summed E-state index contributed by atoms with van der Waals surface area (Å²) in [7, 11) is 0. The van der Waals surface area contributed by atoms with E-state index < -0.39 is 0 Å². The fourth-order valence-corrected chi connectivity index (χ4v) is 10.3. The molecule has 0 atom stereocenters. The molecule has 0 spiro atoms. The van der Waals surface area contributed by atoms with Crippen molar-refractivity contribution < 1.29 is 4.42 Å². The molecule has 0 unspecified atom stereocenters. The molecule has 2 aromatic heterocycles. The zero-order valence-electron chi connectivity index (χ0n) is 33.1. The Bertz CT molecular complexity index is 3610. The molecule has 10 aromatic carbocycles. The van der Waals surface area contributed by atoms with Crippen molar-refractivity contribution in [2.24, 2.45) is 0 Å². The van der Waals surface area contributed by atoms with Crippen molar-refractivity contribution >= 4 is 81.3 Å². The summed E-state index contributed by atoms with van der Waals surface area (Å²) in [4.78, 5) is 2.41. The molecule has 2 heterocycles. The SMILES string of the molecule is c1cc(-c2cccc(N(c3ccc(-c4ccc5ccccc5c4)cc3)c3ccccc3-c3ccc4oc5ccccc5c4c3)c2)cc(-c2cccc3c2sc2ccccc23)c1. The van der Waals surface area contributed by atoms with Gasteiger partial charge in [-0.1, -0.05) is 158 Å². The van der Waals surface area contributed by atoms with Gasteiger partial charge in [0.15, 0.2) is 0 Å². The lowest BCUT2D eigenvalue weighted by molar-refractivity contribution is 0.669. The maximum absolute atomic E-state index is 6.25. The molecule has 3 heteroatoms. The van der Waals surface area contributed by atoms with Crippen molar-refractivity contribution in [3.8, 4) is 44.5 Å². The third-order valence-corrected chi connectivity index (χ3v) is 13.3. The van der Waals surface area contributed by atoms with E-state index >= 15 is 0 Å². The van der Waals surface area contributed by atoms with Crippen molar-refractivity contribution in [3.63, 3.8) is 0 Å². The first-order chi connectivity index (χ1) is 30.2. The highest BCUT2D eigenvalue weighted by Gasteiger charge is 2.20. The van der Waals surface area contributed by atoms with E-state index in [1.807, 2.05) is 23.5 Å². The topological polar surface area (TPSA) is 16.4 Å². The standard InChI is InChI=1S/C58H37NOS/c1-2-13-40-34-43(27-26-38(40)12-1)39-28-31-46(32-29-39)59(54-23-6-3-18-48(54)45-30-33-56-53(37-45)50-19-4-7-24-55(50)60-56)47-17-10-15-42(36-47)41-14-9-16-44(35-41)49-21-11-22-52-51-20-5-8-25-57(51)61-58(49)52/h1-37H. The number of furan rings is 1. The van der Waals surface area contributed by atoms with Crippen LogP contribution in [0.2, 0.25) is 0 Å². The maximum atomic E-state index is 6.25. The number of anilines is 3. The van der Waals surface area contributed by atoms with E-state index in [1.165, 1.54) is 58.8 Å². The summed E-state index contributed by atoms with van der Waals surface area (Å²) in [6.07, 6.45) is 0. The Balaban J connectivity index is 0.991. The number of para-hydroxylation sites is 2. The van der Waals surface area contributed by atoms with E-state index in [0.717, 1.165) is 55.7 Å². The number of rotatable bonds is 7. The van der Waals surface area contributed by atoms with Crippen LogP contribution in [0.3, 0.4) is 0 Å². The fourth-order valence-electron chi connectivity index (χ4n) is 9.07. The smallest absolute Gasteiger partial charge is 0.135 e. The maximum Gasteiger partial charge on any atom is 0.135 e. The van der Waals surface area contributed by atoms with Crippen LogP contribution in [0.15, 0.2) is 229 Å². The predicted molar refractivity (Wildman–Crippen MR) is 261 cm³/mol. The first-order valence-electron chi connectivity index (χ1n) is 20.7. The van der Waals surface area contributed by atoms with Gasteiger partial charge in [0.2, 0.25) is 0 Å². The van der Waals surface area contributed by atoms with Gasteiger partial charge in [-0.05, 0) is 116 Å². The minimum Gasteiger partial charge on any atom is -0.456 e. The van der Waals surface area contributed by atoms with Gasteiger partial charge in [0.05, 0.1) is 5.69 Å². The van der Waals surface area contributed by atoms with Gasteiger partial charge in [0.25, 0.3) is 0 Å². The highest BCUT2D eigenvalue weighted by molar-refractivity contribution is 7.26. The quantitative estimate of drug-likeness (QED) is 0.160. The Morgan fingerprint density at radius 1 is 0.328 bits per heavy atom. The van der Waals surface area contributed by atoms with Crippen molar-refractivity contribution in [2.75, 3.05) is 4.90 Å². The minimum atomic E-state index is 0.891. The Kier molecular flexibility index (Phi) is 8.39. The molecule has 61 heavy (non-hydrogen) atoms. The van der Waals surface area contributed by atoms with Gasteiger partial charge in [-0.2, -0.15) is 0 Å². The lowest BCUT2D eigenvalue weighted by Crippen LogP contribution is -2.11. The second kappa shape index (κ2) is 14.5. The number of fused-ring (bicyclic) bond motifs is 7. The largest absolute Gasteiger partial charge is 0.456 e. The van der Waals surface area contributed by atoms with Crippen LogP contribution in [0, 0.1) is 0 Å². The van der Waals surface area contributed by atoms with E-state index in [0.29, 0.717) is 0 Å². The van der Waals surface area contributed by atoms with Crippen molar-refractivity contribution in [1.29, 1.82) is 0 Å². The molecule has 0 amide bonds. The molecule has 0 bridgehead atoms. The fraction of sp³-hybridized carbons (Fsp3) is 0. The van der Waals surface area contributed by atoms with Crippen molar-refractivity contribution in [1.82, 2.24) is 0 Å². The van der Waals surface area contributed by atoms with Gasteiger partial charge in [0, 0.05) is 47.9 Å². The predicted octanol–water partition coefficient (Wildman–Crippen LogP) is 17.2. The van der Waals surface area contributed by atoms with Gasteiger partial charge in [-0.25, -0.2) is 0 Å². The zero-order chi connectivity index (χ0) is 40.3. The van der Waals surface area contributed by atoms with Crippen LogP contribution in [0.1, 0.15) is 0 Å². The van der Waals surface area contributed by atoms with Crippen LogP contribution >= 0.6 is 11.3 Å². The highest BCUT2D eigenvalue weighted by Crippen LogP contribution is 2.45. The molecule has 0 aliphatic heterocycles. The van der Waals surface area contributed by atoms with E-state index in [9.17, 15) is 0 Å². The lowest BCUT2D eigenvalue weighted by atomic mass is 9.96. The summed E-state index contributed by atoms with van der Waals surface area (Å²) in [5.41, 5.74) is 14.5. The summed E-state index contributed by atoms with van der Waals surface area (Å²) < 4.78 is 8.89. The molecule has 2 nitrogen and oxygen atoms in total. The number of hydrogen-bond donors (Lipinski definition) is 0. The van der Waals surface area contributed by atoms with Gasteiger partial charge in [-0.15, -0.1) is 11.3 Å². The number of nitrogens with zero attached hydrogens (tertiary/aromatic N) is 1. The molecule has 0 radical (unpaired) electrons. The summed E-state index contributed by atoms with van der Waals surface area (Å²) >= 11 is 1.88. The van der Waals surface area contributed by atoms with Crippen molar-refractivity contribution in [2.45, 2.75) is 0 Å². The number of hydrogen-bond acceptors (Lipinski definition) is 3. The molecule has 0 N–H and O–H groups in total. The van der Waals surface area contributed by atoms with Gasteiger partial charge in [-0.3, -0.25) is 0 Å². The molecule has 0 saturated heterocycles. The third kappa shape index (κ3) is 6.18. The van der Waals surface area contributed by atoms with E-state index in [-0.39, 0.29) is 0 Å². The monoisotopic (exact) mass is 795 g/mol. The van der Waals surface area contributed by atoms with E-state index in [2.05, 4.69) is 217 Å². The molecule has 12 aromatic rings. The van der Waals surface area contributed by atoms with Crippen LogP contribution in [0.5, 0.6) is 0 Å². The highest BCUT2D eigenvalue weighted by atomic mass is 32.1. The molecule has 12 rings (SSSR count). The summed E-state index contributed by atoms with van der Waals surface area (Å²) in [6.45, 7) is 0. The molecule has 0 saturated carbocycles. The van der Waals surface area contributed by atoms with Gasteiger partial charge >= 0.3 is 0 Å².